The molecule has 114 valence electrons. The topological polar surface area (TPSA) is 84.5 Å². The Morgan fingerprint density at radius 3 is 2.43 bits per heavy atom. The molecule has 0 aliphatic heterocycles. The predicted molar refractivity (Wildman–Crippen MR) is 78.5 cm³/mol. The van der Waals surface area contributed by atoms with Gasteiger partial charge in [0, 0.05) is 19.0 Å². The Bertz CT molecular complexity index is 488. The number of hydrogen-bond donors (Lipinski definition) is 2. The van der Waals surface area contributed by atoms with Gasteiger partial charge in [-0.1, -0.05) is 18.2 Å². The van der Waals surface area contributed by atoms with Crippen molar-refractivity contribution in [3.05, 3.63) is 30.3 Å². The zero-order valence-corrected chi connectivity index (χ0v) is 12.2. The average Bonchev–Trinajstić information content (AvgIpc) is 2.44. The van der Waals surface area contributed by atoms with Gasteiger partial charge in [-0.2, -0.15) is 0 Å². The molecule has 0 unspecified atom stereocenters. The number of rotatable bonds is 7. The van der Waals surface area contributed by atoms with Crippen molar-refractivity contribution in [1.82, 2.24) is 5.32 Å². The van der Waals surface area contributed by atoms with Crippen LogP contribution >= 0.6 is 0 Å². The van der Waals surface area contributed by atoms with Crippen LogP contribution in [0.1, 0.15) is 26.7 Å². The first-order valence-corrected chi connectivity index (χ1v) is 6.81. The lowest BCUT2D eigenvalue weighted by molar-refractivity contribution is -0.147. The number of ether oxygens (including phenoxy) is 1. The van der Waals surface area contributed by atoms with Crippen molar-refractivity contribution in [2.75, 3.05) is 11.9 Å². The predicted octanol–water partition coefficient (Wildman–Crippen LogP) is 1.47. The molecule has 0 fully saturated rings. The third-order valence-electron chi connectivity index (χ3n) is 2.67. The summed E-state index contributed by atoms with van der Waals surface area (Å²) in [6, 6.07) is 8.22. The number of carbonyl (C=O) groups is 3. The summed E-state index contributed by atoms with van der Waals surface area (Å²) < 4.78 is 4.87. The van der Waals surface area contributed by atoms with Gasteiger partial charge in [0.2, 0.25) is 11.8 Å². The number of amides is 2. The molecule has 6 heteroatoms. The van der Waals surface area contributed by atoms with Gasteiger partial charge in [0.1, 0.15) is 6.04 Å². The van der Waals surface area contributed by atoms with Crippen LogP contribution in [0.4, 0.5) is 5.69 Å². The molecular formula is C15H20N2O4. The van der Waals surface area contributed by atoms with Gasteiger partial charge in [-0.05, 0) is 25.5 Å². The Morgan fingerprint density at radius 1 is 1.19 bits per heavy atom. The van der Waals surface area contributed by atoms with Crippen LogP contribution in [0, 0.1) is 0 Å². The second-order valence-electron chi connectivity index (χ2n) is 4.46. The van der Waals surface area contributed by atoms with Gasteiger partial charge in [0.15, 0.2) is 0 Å². The molecule has 1 rings (SSSR count). The molecule has 0 radical (unpaired) electrons. The molecule has 0 saturated carbocycles. The lowest BCUT2D eigenvalue weighted by Crippen LogP contribution is -2.41. The van der Waals surface area contributed by atoms with Crippen LogP contribution < -0.4 is 10.6 Å². The third-order valence-corrected chi connectivity index (χ3v) is 2.67. The fourth-order valence-corrected chi connectivity index (χ4v) is 1.76. The first-order valence-electron chi connectivity index (χ1n) is 6.81. The largest absolute Gasteiger partial charge is 0.464 e. The highest BCUT2D eigenvalue weighted by molar-refractivity contribution is 5.91. The zero-order valence-electron chi connectivity index (χ0n) is 12.2. The van der Waals surface area contributed by atoms with Crippen LogP contribution in [-0.2, 0) is 19.1 Å². The minimum Gasteiger partial charge on any atom is -0.464 e. The van der Waals surface area contributed by atoms with E-state index in [1.165, 1.54) is 6.92 Å². The average molecular weight is 292 g/mol. The first kappa shape index (κ1) is 16.7. The molecule has 0 bridgehead atoms. The summed E-state index contributed by atoms with van der Waals surface area (Å²) in [5, 5.41) is 5.21. The normalized spacial score (nSPS) is 11.3. The lowest BCUT2D eigenvalue weighted by Gasteiger charge is -2.16. The second-order valence-corrected chi connectivity index (χ2v) is 4.46. The van der Waals surface area contributed by atoms with E-state index in [0.717, 1.165) is 0 Å². The highest BCUT2D eigenvalue weighted by Crippen LogP contribution is 2.07. The highest BCUT2D eigenvalue weighted by atomic mass is 16.5. The van der Waals surface area contributed by atoms with Crippen LogP contribution in [0.3, 0.4) is 0 Å². The summed E-state index contributed by atoms with van der Waals surface area (Å²) in [6.45, 7) is 3.23. The molecular weight excluding hydrogens is 272 g/mol. The molecule has 21 heavy (non-hydrogen) atoms. The fourth-order valence-electron chi connectivity index (χ4n) is 1.76. The Labute approximate surface area is 123 Å². The quantitative estimate of drug-likeness (QED) is 0.745. The number of anilines is 1. The number of carbonyl (C=O) groups excluding carboxylic acids is 3. The van der Waals surface area contributed by atoms with E-state index in [0.29, 0.717) is 5.69 Å². The Kier molecular flexibility index (Phi) is 6.94. The summed E-state index contributed by atoms with van der Waals surface area (Å²) in [4.78, 5) is 34.6. The smallest absolute Gasteiger partial charge is 0.328 e. The van der Waals surface area contributed by atoms with Crippen molar-refractivity contribution < 1.29 is 19.1 Å². The van der Waals surface area contributed by atoms with Gasteiger partial charge in [-0.25, -0.2) is 4.79 Å². The van der Waals surface area contributed by atoms with Crippen LogP contribution in [0.5, 0.6) is 0 Å². The maximum absolute atomic E-state index is 11.8. The molecule has 1 atom stereocenters. The maximum atomic E-state index is 11.8. The molecule has 0 heterocycles. The SMILES string of the molecule is CCOC(=O)[C@@H](CCC(=O)Nc1ccccc1)NC(C)=O. The molecule has 2 amide bonds. The van der Waals surface area contributed by atoms with Crippen molar-refractivity contribution in [2.45, 2.75) is 32.7 Å². The van der Waals surface area contributed by atoms with Crippen LogP contribution in [0.15, 0.2) is 30.3 Å². The van der Waals surface area contributed by atoms with Crippen molar-refractivity contribution in [3.8, 4) is 0 Å². The number of para-hydroxylation sites is 1. The molecule has 0 aliphatic carbocycles. The van der Waals surface area contributed by atoms with Gasteiger partial charge in [-0.3, -0.25) is 9.59 Å². The lowest BCUT2D eigenvalue weighted by atomic mass is 10.1. The molecule has 0 aliphatic rings. The van der Waals surface area contributed by atoms with Crippen LogP contribution in [-0.4, -0.2) is 30.4 Å². The van der Waals surface area contributed by atoms with Crippen molar-refractivity contribution in [1.29, 1.82) is 0 Å². The highest BCUT2D eigenvalue weighted by Gasteiger charge is 2.21. The van der Waals surface area contributed by atoms with Crippen LogP contribution in [0.2, 0.25) is 0 Å². The third kappa shape index (κ3) is 6.56. The Balaban J connectivity index is 2.49. The van der Waals surface area contributed by atoms with E-state index < -0.39 is 12.0 Å². The molecule has 0 aromatic heterocycles. The maximum Gasteiger partial charge on any atom is 0.328 e. The number of esters is 1. The fraction of sp³-hybridized carbons (Fsp3) is 0.400. The molecule has 0 spiro atoms. The molecule has 0 saturated heterocycles. The van der Waals surface area contributed by atoms with Crippen molar-refractivity contribution in [2.24, 2.45) is 0 Å². The van der Waals surface area contributed by atoms with Crippen molar-refractivity contribution in [3.63, 3.8) is 0 Å². The molecule has 2 N–H and O–H groups in total. The molecule has 6 nitrogen and oxygen atoms in total. The summed E-state index contributed by atoms with van der Waals surface area (Å²) in [5.41, 5.74) is 0.690. The van der Waals surface area contributed by atoms with E-state index in [2.05, 4.69) is 10.6 Å². The second kappa shape index (κ2) is 8.73. The van der Waals surface area contributed by atoms with Crippen molar-refractivity contribution >= 4 is 23.5 Å². The van der Waals surface area contributed by atoms with Gasteiger partial charge in [0.25, 0.3) is 0 Å². The van der Waals surface area contributed by atoms with E-state index >= 15 is 0 Å². The van der Waals surface area contributed by atoms with E-state index in [-0.39, 0.29) is 31.3 Å². The summed E-state index contributed by atoms with van der Waals surface area (Å²) in [7, 11) is 0. The minimum atomic E-state index is -0.802. The van der Waals surface area contributed by atoms with Gasteiger partial charge < -0.3 is 15.4 Å². The standard InChI is InChI=1S/C15H20N2O4/c1-3-21-15(20)13(16-11(2)18)9-10-14(19)17-12-7-5-4-6-8-12/h4-8,13H,3,9-10H2,1-2H3,(H,16,18)(H,17,19)/t13-/m1/s1. The van der Waals surface area contributed by atoms with Gasteiger partial charge >= 0.3 is 5.97 Å². The number of hydrogen-bond acceptors (Lipinski definition) is 4. The molecule has 1 aromatic rings. The number of nitrogens with one attached hydrogen (secondary N) is 2. The monoisotopic (exact) mass is 292 g/mol. The van der Waals surface area contributed by atoms with E-state index in [9.17, 15) is 14.4 Å². The molecule has 1 aromatic carbocycles. The van der Waals surface area contributed by atoms with E-state index in [1.54, 1.807) is 19.1 Å². The van der Waals surface area contributed by atoms with Gasteiger partial charge in [-0.15, -0.1) is 0 Å². The summed E-state index contributed by atoms with van der Waals surface area (Å²) in [6.07, 6.45) is 0.301. The number of benzene rings is 1. The Morgan fingerprint density at radius 2 is 1.86 bits per heavy atom. The summed E-state index contributed by atoms with van der Waals surface area (Å²) >= 11 is 0. The van der Waals surface area contributed by atoms with E-state index in [1.807, 2.05) is 18.2 Å². The van der Waals surface area contributed by atoms with Gasteiger partial charge in [0.05, 0.1) is 6.61 Å². The first-order chi connectivity index (χ1) is 10.0. The van der Waals surface area contributed by atoms with Crippen LogP contribution in [0.25, 0.3) is 0 Å². The Hall–Kier alpha value is -2.37. The summed E-state index contributed by atoms with van der Waals surface area (Å²) in [5.74, 6) is -1.09. The van der Waals surface area contributed by atoms with E-state index in [4.69, 9.17) is 4.74 Å². The zero-order chi connectivity index (χ0) is 15.7. The minimum absolute atomic E-state index is 0.110.